The van der Waals surface area contributed by atoms with Gasteiger partial charge in [-0.25, -0.2) is 4.79 Å². The first-order valence-electron chi connectivity index (χ1n) is 7.83. The van der Waals surface area contributed by atoms with E-state index in [1.807, 2.05) is 60.9 Å². The number of carbonyl (C=O) groups excluding carboxylic acids is 1. The van der Waals surface area contributed by atoms with E-state index < -0.39 is 5.97 Å². The lowest BCUT2D eigenvalue weighted by molar-refractivity contribution is 0.0593. The third-order valence-corrected chi connectivity index (χ3v) is 4.85. The summed E-state index contributed by atoms with van der Waals surface area (Å²) in [5.74, 6) is -0.587. The quantitative estimate of drug-likeness (QED) is 0.557. The highest BCUT2D eigenvalue weighted by Gasteiger charge is 2.23. The fraction of sp³-hybridized carbons (Fsp3) is 0.100. The number of nitrogen functional groups attached to an aromatic ring is 1. The van der Waals surface area contributed by atoms with E-state index in [9.17, 15) is 10.1 Å². The van der Waals surface area contributed by atoms with E-state index in [4.69, 9.17) is 10.5 Å². The van der Waals surface area contributed by atoms with Gasteiger partial charge in [0.15, 0.2) is 5.69 Å². The van der Waals surface area contributed by atoms with Gasteiger partial charge in [-0.3, -0.25) is 0 Å². The minimum atomic E-state index is -0.587. The van der Waals surface area contributed by atoms with Crippen LogP contribution in [0.2, 0.25) is 0 Å². The van der Waals surface area contributed by atoms with Crippen molar-refractivity contribution in [3.05, 3.63) is 66.0 Å². The molecule has 26 heavy (non-hydrogen) atoms. The Morgan fingerprint density at radius 2 is 1.88 bits per heavy atom. The summed E-state index contributed by atoms with van der Waals surface area (Å²) in [5, 5.41) is 9.30. The Kier molecular flexibility index (Phi) is 5.01. The first-order chi connectivity index (χ1) is 12.6. The number of ether oxygens (including phenoxy) is 1. The summed E-state index contributed by atoms with van der Waals surface area (Å²) in [6.45, 7) is 0. The van der Waals surface area contributed by atoms with Crippen LogP contribution in [0.15, 0.2) is 59.6 Å². The van der Waals surface area contributed by atoms with Gasteiger partial charge in [-0.1, -0.05) is 30.3 Å². The van der Waals surface area contributed by atoms with Crippen LogP contribution in [-0.2, 0) is 4.74 Å². The lowest BCUT2D eigenvalue weighted by atomic mass is 10.0. The second-order valence-corrected chi connectivity index (χ2v) is 6.40. The maximum atomic E-state index is 12.3. The minimum absolute atomic E-state index is 0.117. The second-order valence-electron chi connectivity index (χ2n) is 5.52. The molecular weight excluding hydrogens is 346 g/mol. The van der Waals surface area contributed by atoms with Gasteiger partial charge in [0.05, 0.1) is 24.0 Å². The molecule has 0 unspecified atom stereocenters. The van der Waals surface area contributed by atoms with Crippen molar-refractivity contribution in [2.45, 2.75) is 4.90 Å². The molecule has 1 aromatic heterocycles. The predicted octanol–water partition coefficient (Wildman–Crippen LogP) is 4.11. The molecular formula is C20H17N3O2S. The number of methoxy groups -OCH3 is 1. The Balaban J connectivity index is 2.23. The van der Waals surface area contributed by atoms with Gasteiger partial charge in [0, 0.05) is 16.7 Å². The summed E-state index contributed by atoms with van der Waals surface area (Å²) >= 11 is 1.67. The molecule has 0 fully saturated rings. The first kappa shape index (κ1) is 17.6. The van der Waals surface area contributed by atoms with Crippen molar-refractivity contribution in [1.29, 1.82) is 5.26 Å². The average Bonchev–Trinajstić information content (AvgIpc) is 3.03. The number of rotatable bonds is 4. The summed E-state index contributed by atoms with van der Waals surface area (Å²) in [4.78, 5) is 13.4. The number of nitriles is 1. The number of carbonyl (C=O) groups is 1. The molecule has 0 radical (unpaired) electrons. The maximum absolute atomic E-state index is 12.3. The van der Waals surface area contributed by atoms with E-state index in [1.54, 1.807) is 22.5 Å². The van der Waals surface area contributed by atoms with E-state index >= 15 is 0 Å². The number of thioether (sulfide) groups is 1. The van der Waals surface area contributed by atoms with Crippen LogP contribution >= 0.6 is 11.8 Å². The molecule has 0 saturated carbocycles. The van der Waals surface area contributed by atoms with Crippen molar-refractivity contribution >= 4 is 23.4 Å². The van der Waals surface area contributed by atoms with Gasteiger partial charge >= 0.3 is 5.97 Å². The number of aromatic nitrogens is 1. The molecule has 0 atom stereocenters. The number of esters is 1. The van der Waals surface area contributed by atoms with Crippen molar-refractivity contribution in [3.63, 3.8) is 0 Å². The van der Waals surface area contributed by atoms with Crippen LogP contribution < -0.4 is 5.73 Å². The van der Waals surface area contributed by atoms with Crippen molar-refractivity contribution in [3.8, 4) is 22.9 Å². The summed E-state index contributed by atoms with van der Waals surface area (Å²) in [6, 6.07) is 17.8. The molecule has 5 nitrogen and oxygen atoms in total. The van der Waals surface area contributed by atoms with Crippen molar-refractivity contribution in [1.82, 2.24) is 4.57 Å². The van der Waals surface area contributed by atoms with Gasteiger partial charge < -0.3 is 15.0 Å². The molecule has 0 aliphatic heterocycles. The minimum Gasteiger partial charge on any atom is -0.464 e. The molecule has 0 amide bonds. The van der Waals surface area contributed by atoms with Gasteiger partial charge in [-0.15, -0.1) is 11.8 Å². The second kappa shape index (κ2) is 7.38. The van der Waals surface area contributed by atoms with Crippen LogP contribution in [0, 0.1) is 11.3 Å². The zero-order valence-electron chi connectivity index (χ0n) is 14.4. The Bertz CT molecular complexity index is 1000. The van der Waals surface area contributed by atoms with Crippen molar-refractivity contribution in [2.24, 2.45) is 0 Å². The van der Waals surface area contributed by atoms with Crippen LogP contribution in [-0.4, -0.2) is 23.9 Å². The van der Waals surface area contributed by atoms with Crippen LogP contribution in [0.1, 0.15) is 16.1 Å². The lowest BCUT2D eigenvalue weighted by Crippen LogP contribution is -2.11. The molecule has 6 heteroatoms. The maximum Gasteiger partial charge on any atom is 0.357 e. The average molecular weight is 363 g/mol. The molecule has 130 valence electrons. The standard InChI is InChI=1S/C20H17N3O2S/c1-25-20(24)19-18(22)14(11-21)12-23(19)17-6-4-3-5-16(17)13-7-9-15(26-2)10-8-13/h3-10,12H,22H2,1-2H3. The normalized spacial score (nSPS) is 10.3. The molecule has 0 aliphatic rings. The number of hydrogen-bond acceptors (Lipinski definition) is 5. The molecule has 1 heterocycles. The highest BCUT2D eigenvalue weighted by molar-refractivity contribution is 7.98. The topological polar surface area (TPSA) is 81.0 Å². The smallest absolute Gasteiger partial charge is 0.357 e. The van der Waals surface area contributed by atoms with Gasteiger partial charge in [-0.2, -0.15) is 5.26 Å². The Morgan fingerprint density at radius 3 is 2.50 bits per heavy atom. The third-order valence-electron chi connectivity index (χ3n) is 4.11. The number of nitrogens with zero attached hydrogens (tertiary/aromatic N) is 2. The van der Waals surface area contributed by atoms with Gasteiger partial charge in [0.1, 0.15) is 6.07 Å². The lowest BCUT2D eigenvalue weighted by Gasteiger charge is -2.14. The zero-order valence-corrected chi connectivity index (χ0v) is 15.2. The Hall–Kier alpha value is -3.17. The van der Waals surface area contributed by atoms with E-state index in [0.29, 0.717) is 0 Å². The fourth-order valence-corrected chi connectivity index (χ4v) is 3.21. The number of nitrogens with two attached hydrogens (primary N) is 1. The summed E-state index contributed by atoms with van der Waals surface area (Å²) in [7, 11) is 1.29. The van der Waals surface area contributed by atoms with Crippen LogP contribution in [0.5, 0.6) is 0 Å². The van der Waals surface area contributed by atoms with E-state index in [2.05, 4.69) is 0 Å². The van der Waals surface area contributed by atoms with E-state index in [1.165, 1.54) is 12.0 Å². The Labute approximate surface area is 156 Å². The monoisotopic (exact) mass is 363 g/mol. The van der Waals surface area contributed by atoms with Gasteiger partial charge in [0.25, 0.3) is 0 Å². The number of anilines is 1. The van der Waals surface area contributed by atoms with Crippen molar-refractivity contribution in [2.75, 3.05) is 19.1 Å². The summed E-state index contributed by atoms with van der Waals surface area (Å²) in [5.41, 5.74) is 9.18. The number of hydrogen-bond donors (Lipinski definition) is 1. The molecule has 0 saturated heterocycles. The highest BCUT2D eigenvalue weighted by Crippen LogP contribution is 2.32. The summed E-state index contributed by atoms with van der Waals surface area (Å²) < 4.78 is 6.48. The van der Waals surface area contributed by atoms with Gasteiger partial charge in [-0.05, 0) is 30.0 Å². The molecule has 0 bridgehead atoms. The third kappa shape index (κ3) is 3.05. The van der Waals surface area contributed by atoms with Crippen LogP contribution in [0.3, 0.4) is 0 Å². The molecule has 3 rings (SSSR count). The fourth-order valence-electron chi connectivity index (χ4n) is 2.80. The van der Waals surface area contributed by atoms with Crippen LogP contribution in [0.4, 0.5) is 5.69 Å². The highest BCUT2D eigenvalue weighted by atomic mass is 32.2. The molecule has 2 N–H and O–H groups in total. The molecule has 3 aromatic rings. The SMILES string of the molecule is COC(=O)c1c(N)c(C#N)cn1-c1ccccc1-c1ccc(SC)cc1. The zero-order chi connectivity index (χ0) is 18.7. The van der Waals surface area contributed by atoms with E-state index in [-0.39, 0.29) is 16.9 Å². The molecule has 0 spiro atoms. The predicted molar refractivity (Wildman–Crippen MR) is 103 cm³/mol. The van der Waals surface area contributed by atoms with Gasteiger partial charge in [0.2, 0.25) is 0 Å². The molecule has 0 aliphatic carbocycles. The number of para-hydroxylation sites is 1. The Morgan fingerprint density at radius 1 is 1.19 bits per heavy atom. The summed E-state index contributed by atoms with van der Waals surface area (Å²) in [6.07, 6.45) is 3.59. The number of benzene rings is 2. The molecule has 2 aromatic carbocycles. The van der Waals surface area contributed by atoms with Crippen molar-refractivity contribution < 1.29 is 9.53 Å². The van der Waals surface area contributed by atoms with E-state index in [0.717, 1.165) is 16.8 Å². The largest absolute Gasteiger partial charge is 0.464 e. The first-order valence-corrected chi connectivity index (χ1v) is 9.06. The van der Waals surface area contributed by atoms with Crippen LogP contribution in [0.25, 0.3) is 16.8 Å².